The van der Waals surface area contributed by atoms with Crippen molar-refractivity contribution in [1.82, 2.24) is 9.88 Å². The third-order valence-corrected chi connectivity index (χ3v) is 2.45. The topological polar surface area (TPSA) is 55.6 Å². The molecule has 2 rings (SSSR count). The highest BCUT2D eigenvalue weighted by Gasteiger charge is 2.11. The fourth-order valence-corrected chi connectivity index (χ4v) is 1.70. The number of oxazole rings is 1. The first-order valence-electron chi connectivity index (χ1n) is 5.87. The number of hydrogen-bond acceptors (Lipinski definition) is 5. The van der Waals surface area contributed by atoms with Crippen LogP contribution in [0.1, 0.15) is 12.8 Å². The average Bonchev–Trinajstić information content (AvgIpc) is 2.70. The fourth-order valence-electron chi connectivity index (χ4n) is 1.70. The smallest absolute Gasteiger partial charge is 0.320 e. The van der Waals surface area contributed by atoms with Crippen molar-refractivity contribution in [3.63, 3.8) is 0 Å². The maximum atomic E-state index is 11.3. The lowest BCUT2D eigenvalue weighted by Crippen LogP contribution is -2.27. The number of nitrogens with zero attached hydrogens (tertiary/aromatic N) is 2. The van der Waals surface area contributed by atoms with E-state index in [1.165, 1.54) is 0 Å². The molecular formula is C13H16N2O3. The molecule has 0 radical (unpaired) electrons. The van der Waals surface area contributed by atoms with E-state index in [1.807, 2.05) is 36.2 Å². The summed E-state index contributed by atoms with van der Waals surface area (Å²) in [4.78, 5) is 17.5. The van der Waals surface area contributed by atoms with Crippen LogP contribution in [0.4, 0.5) is 0 Å². The van der Waals surface area contributed by atoms with Gasteiger partial charge in [-0.05, 0) is 26.1 Å². The van der Waals surface area contributed by atoms with Gasteiger partial charge in [0.25, 0.3) is 0 Å². The first kappa shape index (κ1) is 12.6. The summed E-state index contributed by atoms with van der Waals surface area (Å²) in [6.07, 6.45) is 0. The van der Waals surface area contributed by atoms with E-state index >= 15 is 0 Å². The molecule has 0 unspecified atom stereocenters. The molecule has 5 nitrogen and oxygen atoms in total. The molecule has 1 aromatic heterocycles. The minimum absolute atomic E-state index is 0.229. The van der Waals surface area contributed by atoms with Crippen LogP contribution in [0.2, 0.25) is 0 Å². The number of rotatable bonds is 5. The van der Waals surface area contributed by atoms with Crippen LogP contribution in [0.25, 0.3) is 11.1 Å². The van der Waals surface area contributed by atoms with E-state index in [2.05, 4.69) is 4.98 Å². The van der Waals surface area contributed by atoms with Crippen molar-refractivity contribution >= 4 is 17.1 Å². The maximum absolute atomic E-state index is 11.3. The minimum atomic E-state index is -0.240. The van der Waals surface area contributed by atoms with Gasteiger partial charge in [0.05, 0.1) is 19.7 Å². The summed E-state index contributed by atoms with van der Waals surface area (Å²) in [5.74, 6) is 0.360. The quantitative estimate of drug-likeness (QED) is 0.755. The van der Waals surface area contributed by atoms with Gasteiger partial charge < -0.3 is 9.15 Å². The molecule has 0 aliphatic heterocycles. The van der Waals surface area contributed by atoms with Crippen LogP contribution in [0.5, 0.6) is 0 Å². The summed E-state index contributed by atoms with van der Waals surface area (Å²) in [6, 6.07) is 7.58. The van der Waals surface area contributed by atoms with Crippen molar-refractivity contribution in [2.75, 3.05) is 20.2 Å². The van der Waals surface area contributed by atoms with Gasteiger partial charge in [-0.1, -0.05) is 12.1 Å². The zero-order valence-electron chi connectivity index (χ0n) is 10.5. The van der Waals surface area contributed by atoms with Crippen molar-refractivity contribution in [1.29, 1.82) is 0 Å². The van der Waals surface area contributed by atoms with E-state index in [1.54, 1.807) is 6.92 Å². The van der Waals surface area contributed by atoms with E-state index in [9.17, 15) is 4.79 Å². The van der Waals surface area contributed by atoms with Gasteiger partial charge in [0.15, 0.2) is 5.58 Å². The highest BCUT2D eigenvalue weighted by molar-refractivity contribution is 5.72. The highest BCUT2D eigenvalue weighted by atomic mass is 16.5. The van der Waals surface area contributed by atoms with Crippen molar-refractivity contribution in [3.05, 3.63) is 30.2 Å². The van der Waals surface area contributed by atoms with Gasteiger partial charge in [-0.25, -0.2) is 4.98 Å². The van der Waals surface area contributed by atoms with Crippen molar-refractivity contribution < 1.29 is 13.9 Å². The van der Waals surface area contributed by atoms with Gasteiger partial charge in [0.1, 0.15) is 5.52 Å². The number of fused-ring (bicyclic) bond motifs is 1. The Bertz CT molecular complexity index is 503. The van der Waals surface area contributed by atoms with Gasteiger partial charge >= 0.3 is 5.97 Å². The van der Waals surface area contributed by atoms with E-state index in [4.69, 9.17) is 9.15 Å². The first-order valence-corrected chi connectivity index (χ1v) is 5.87. The summed E-state index contributed by atoms with van der Waals surface area (Å²) in [7, 11) is 1.83. The van der Waals surface area contributed by atoms with E-state index in [-0.39, 0.29) is 12.5 Å². The molecule has 0 N–H and O–H groups in total. The zero-order chi connectivity index (χ0) is 13.0. The van der Waals surface area contributed by atoms with Gasteiger partial charge in [-0.15, -0.1) is 0 Å². The lowest BCUT2D eigenvalue weighted by molar-refractivity contribution is -0.144. The Balaban J connectivity index is 1.98. The SMILES string of the molecule is CCOC(=O)CN(C)Cc1nc2ccccc2o1. The van der Waals surface area contributed by atoms with Crippen LogP contribution < -0.4 is 0 Å². The number of esters is 1. The Kier molecular flexibility index (Phi) is 3.94. The molecule has 0 fully saturated rings. The molecule has 1 heterocycles. The molecule has 0 saturated heterocycles. The van der Waals surface area contributed by atoms with Gasteiger partial charge in [-0.3, -0.25) is 9.69 Å². The number of aromatic nitrogens is 1. The Hall–Kier alpha value is -1.88. The van der Waals surface area contributed by atoms with Crippen molar-refractivity contribution in [2.24, 2.45) is 0 Å². The summed E-state index contributed by atoms with van der Waals surface area (Å²) in [5.41, 5.74) is 1.59. The van der Waals surface area contributed by atoms with E-state index < -0.39 is 0 Å². The van der Waals surface area contributed by atoms with Crippen LogP contribution in [-0.4, -0.2) is 36.1 Å². The van der Waals surface area contributed by atoms with Crippen LogP contribution in [0, 0.1) is 0 Å². The molecule has 0 atom stereocenters. The predicted octanol–water partition coefficient (Wildman–Crippen LogP) is 1.82. The molecule has 0 aliphatic rings. The third kappa shape index (κ3) is 3.07. The molecule has 1 aromatic carbocycles. The standard InChI is InChI=1S/C13H16N2O3/c1-3-17-13(16)9-15(2)8-12-14-10-6-4-5-7-11(10)18-12/h4-7H,3,8-9H2,1-2H3. The Morgan fingerprint density at radius 3 is 2.94 bits per heavy atom. The largest absolute Gasteiger partial charge is 0.465 e. The third-order valence-electron chi connectivity index (χ3n) is 2.45. The van der Waals surface area contributed by atoms with Gasteiger partial charge in [0, 0.05) is 0 Å². The molecule has 0 aliphatic carbocycles. The summed E-state index contributed by atoms with van der Waals surface area (Å²) < 4.78 is 10.5. The van der Waals surface area contributed by atoms with Crippen LogP contribution in [0.3, 0.4) is 0 Å². The Morgan fingerprint density at radius 1 is 1.44 bits per heavy atom. The molecule has 0 saturated carbocycles. The van der Waals surface area contributed by atoms with Gasteiger partial charge in [0.2, 0.25) is 5.89 Å². The average molecular weight is 248 g/mol. The zero-order valence-corrected chi connectivity index (χ0v) is 10.5. The summed E-state index contributed by atoms with van der Waals surface area (Å²) >= 11 is 0. The number of carbonyl (C=O) groups is 1. The summed E-state index contributed by atoms with van der Waals surface area (Å²) in [6.45, 7) is 2.90. The molecule has 0 amide bonds. The Morgan fingerprint density at radius 2 is 2.22 bits per heavy atom. The molecule has 18 heavy (non-hydrogen) atoms. The Labute approximate surface area is 105 Å². The van der Waals surface area contributed by atoms with Crippen molar-refractivity contribution in [2.45, 2.75) is 13.5 Å². The second-order valence-electron chi connectivity index (χ2n) is 4.05. The molecule has 96 valence electrons. The van der Waals surface area contributed by atoms with Gasteiger partial charge in [-0.2, -0.15) is 0 Å². The molecule has 5 heteroatoms. The molecule has 0 spiro atoms. The van der Waals surface area contributed by atoms with Crippen LogP contribution in [-0.2, 0) is 16.1 Å². The maximum Gasteiger partial charge on any atom is 0.320 e. The predicted molar refractivity (Wildman–Crippen MR) is 67.0 cm³/mol. The normalized spacial score (nSPS) is 11.1. The lowest BCUT2D eigenvalue weighted by atomic mass is 10.3. The second-order valence-corrected chi connectivity index (χ2v) is 4.05. The van der Waals surface area contributed by atoms with Crippen molar-refractivity contribution in [3.8, 4) is 0 Å². The van der Waals surface area contributed by atoms with E-state index in [0.717, 1.165) is 11.1 Å². The number of para-hydroxylation sites is 2. The molecule has 0 bridgehead atoms. The lowest BCUT2D eigenvalue weighted by Gasteiger charge is -2.12. The highest BCUT2D eigenvalue weighted by Crippen LogP contribution is 2.15. The van der Waals surface area contributed by atoms with Crippen LogP contribution >= 0.6 is 0 Å². The molecular weight excluding hydrogens is 232 g/mol. The van der Waals surface area contributed by atoms with Crippen LogP contribution in [0.15, 0.2) is 28.7 Å². The first-order chi connectivity index (χ1) is 8.69. The number of likely N-dealkylation sites (N-methyl/N-ethyl adjacent to an activating group) is 1. The van der Waals surface area contributed by atoms with E-state index in [0.29, 0.717) is 19.0 Å². The number of carbonyl (C=O) groups excluding carboxylic acids is 1. The summed E-state index contributed by atoms with van der Waals surface area (Å²) in [5, 5.41) is 0. The molecule has 2 aromatic rings. The monoisotopic (exact) mass is 248 g/mol. The fraction of sp³-hybridized carbons (Fsp3) is 0.385. The second kappa shape index (κ2) is 5.64. The minimum Gasteiger partial charge on any atom is -0.465 e. The number of hydrogen-bond donors (Lipinski definition) is 0. The number of benzene rings is 1. The number of ether oxygens (including phenoxy) is 1.